The third-order valence-corrected chi connectivity index (χ3v) is 6.61. The first-order valence-electron chi connectivity index (χ1n) is 5.12. The molecule has 0 aliphatic carbocycles. The molecule has 0 amide bonds. The van der Waals surface area contributed by atoms with Gasteiger partial charge in [0.05, 0.1) is 19.4 Å². The van der Waals surface area contributed by atoms with Crippen LogP contribution in [0.2, 0.25) is 5.02 Å². The minimum atomic E-state index is -3.96. The van der Waals surface area contributed by atoms with Crippen molar-refractivity contribution in [3.63, 3.8) is 0 Å². The van der Waals surface area contributed by atoms with Crippen LogP contribution in [0.1, 0.15) is 0 Å². The lowest BCUT2D eigenvalue weighted by molar-refractivity contribution is -0.387. The summed E-state index contributed by atoms with van der Waals surface area (Å²) < 4.78 is 39.9. The van der Waals surface area contributed by atoms with E-state index in [0.717, 1.165) is 29.5 Å². The van der Waals surface area contributed by atoms with Crippen molar-refractivity contribution in [2.75, 3.05) is 4.72 Å². The zero-order valence-electron chi connectivity index (χ0n) is 9.84. The first-order chi connectivity index (χ1) is 9.70. The van der Waals surface area contributed by atoms with Gasteiger partial charge in [-0.25, -0.2) is 8.42 Å². The van der Waals surface area contributed by atoms with Gasteiger partial charge in [0.2, 0.25) is 5.82 Å². The van der Waals surface area contributed by atoms with E-state index in [4.69, 9.17) is 11.6 Å². The van der Waals surface area contributed by atoms with E-state index >= 15 is 0 Å². The highest BCUT2D eigenvalue weighted by atomic mass is 79.9. The van der Waals surface area contributed by atoms with Crippen molar-refractivity contribution < 1.29 is 17.7 Å². The number of nitro benzene ring substituents is 1. The first kappa shape index (κ1) is 16.1. The average Bonchev–Trinajstić information content (AvgIpc) is 2.72. The molecule has 0 unspecified atom stereocenters. The Kier molecular flexibility index (Phi) is 4.51. The van der Waals surface area contributed by atoms with Gasteiger partial charge in [-0.15, -0.1) is 11.3 Å². The number of rotatable bonds is 4. The Hall–Kier alpha value is -1.23. The monoisotopic (exact) mass is 414 g/mol. The molecule has 0 fully saturated rings. The quantitative estimate of drug-likeness (QED) is 0.603. The number of nitrogens with one attached hydrogen (secondary N) is 1. The van der Waals surface area contributed by atoms with Gasteiger partial charge in [0.1, 0.15) is 4.21 Å². The van der Waals surface area contributed by atoms with Gasteiger partial charge in [-0.3, -0.25) is 14.8 Å². The van der Waals surface area contributed by atoms with E-state index in [-0.39, 0.29) is 14.9 Å². The molecule has 0 saturated heterocycles. The first-order valence-corrected chi connectivity index (χ1v) is 8.59. The third-order valence-electron chi connectivity index (χ3n) is 2.28. The summed E-state index contributed by atoms with van der Waals surface area (Å²) in [5.74, 6) is -1.05. The Morgan fingerprint density at radius 2 is 2.05 bits per heavy atom. The molecule has 1 N–H and O–H groups in total. The lowest BCUT2D eigenvalue weighted by Gasteiger charge is -2.06. The van der Waals surface area contributed by atoms with Gasteiger partial charge in [0.15, 0.2) is 0 Å². The number of anilines is 1. The molecule has 21 heavy (non-hydrogen) atoms. The molecule has 0 atom stereocenters. The Morgan fingerprint density at radius 1 is 1.38 bits per heavy atom. The maximum absolute atomic E-state index is 13.2. The number of sulfonamides is 1. The summed E-state index contributed by atoms with van der Waals surface area (Å²) in [5, 5.41) is 10.9. The molecule has 6 nitrogen and oxygen atoms in total. The van der Waals surface area contributed by atoms with E-state index in [2.05, 4.69) is 20.7 Å². The fourth-order valence-electron chi connectivity index (χ4n) is 1.38. The van der Waals surface area contributed by atoms with Crippen LogP contribution in [-0.2, 0) is 10.0 Å². The lowest BCUT2D eigenvalue weighted by Crippen LogP contribution is -2.11. The Bertz CT molecular complexity index is 805. The summed E-state index contributed by atoms with van der Waals surface area (Å²) in [5.41, 5.74) is -0.940. The average molecular weight is 416 g/mol. The molecule has 1 aromatic heterocycles. The van der Waals surface area contributed by atoms with Gasteiger partial charge < -0.3 is 0 Å². The van der Waals surface area contributed by atoms with Gasteiger partial charge >= 0.3 is 5.69 Å². The lowest BCUT2D eigenvalue weighted by atomic mass is 10.3. The fourth-order valence-corrected chi connectivity index (χ4v) is 4.83. The number of nitro groups is 1. The zero-order chi connectivity index (χ0) is 15.8. The van der Waals surface area contributed by atoms with Gasteiger partial charge in [0.25, 0.3) is 10.0 Å². The highest BCUT2D eigenvalue weighted by molar-refractivity contribution is 9.11. The molecular formula is C10H5BrClFN2O4S2. The maximum Gasteiger partial charge on any atom is 0.306 e. The van der Waals surface area contributed by atoms with Gasteiger partial charge in [-0.05, 0) is 34.1 Å². The highest BCUT2D eigenvalue weighted by Crippen LogP contribution is 2.35. The van der Waals surface area contributed by atoms with Crippen molar-refractivity contribution in [3.05, 3.63) is 49.0 Å². The van der Waals surface area contributed by atoms with Crippen LogP contribution >= 0.6 is 38.9 Å². The van der Waals surface area contributed by atoms with Crippen molar-refractivity contribution in [2.45, 2.75) is 4.21 Å². The number of hydrogen-bond acceptors (Lipinski definition) is 5. The normalized spacial score (nSPS) is 11.4. The van der Waals surface area contributed by atoms with E-state index in [9.17, 15) is 22.9 Å². The predicted octanol–water partition coefficient (Wildman–Crippen LogP) is 4.01. The van der Waals surface area contributed by atoms with Crippen LogP contribution < -0.4 is 4.72 Å². The molecule has 2 aromatic rings. The number of halogens is 3. The van der Waals surface area contributed by atoms with Crippen molar-refractivity contribution in [1.29, 1.82) is 0 Å². The second-order valence-corrected chi connectivity index (χ2v) is 8.40. The van der Waals surface area contributed by atoms with Crippen molar-refractivity contribution in [3.8, 4) is 0 Å². The number of nitrogens with zero attached hydrogens (tertiary/aromatic N) is 1. The van der Waals surface area contributed by atoms with E-state index in [1.807, 2.05) is 0 Å². The van der Waals surface area contributed by atoms with Crippen LogP contribution in [-0.4, -0.2) is 13.3 Å². The minimum Gasteiger partial charge on any atom is -0.279 e. The molecule has 0 saturated carbocycles. The van der Waals surface area contributed by atoms with Gasteiger partial charge in [-0.1, -0.05) is 11.6 Å². The van der Waals surface area contributed by atoms with Crippen molar-refractivity contribution >= 4 is 60.3 Å². The van der Waals surface area contributed by atoms with Gasteiger partial charge in [0, 0.05) is 6.07 Å². The summed E-state index contributed by atoms with van der Waals surface area (Å²) in [4.78, 5) is 9.69. The summed E-state index contributed by atoms with van der Waals surface area (Å²) in [6, 6.07) is 3.94. The van der Waals surface area contributed by atoms with Crippen LogP contribution in [0.4, 0.5) is 15.8 Å². The summed E-state index contributed by atoms with van der Waals surface area (Å²) in [6.07, 6.45) is 0. The molecule has 0 spiro atoms. The molecule has 0 aliphatic rings. The standard InChI is InChI=1S/C10H5BrClFN2O4S2/c11-10-6(12)4-9(20-10)21(18,19)14-5-1-2-7(13)8(3-5)15(16)17/h1-4,14H. The Balaban J connectivity index is 2.37. The molecule has 1 aromatic carbocycles. The molecule has 2 rings (SSSR count). The SMILES string of the molecule is O=[N+]([O-])c1cc(NS(=O)(=O)c2cc(Cl)c(Br)s2)ccc1F. The Labute approximate surface area is 135 Å². The summed E-state index contributed by atoms with van der Waals surface area (Å²) in [6.45, 7) is 0. The largest absolute Gasteiger partial charge is 0.306 e. The zero-order valence-corrected chi connectivity index (χ0v) is 13.8. The molecule has 0 radical (unpaired) electrons. The van der Waals surface area contributed by atoms with Crippen molar-refractivity contribution in [1.82, 2.24) is 0 Å². The van der Waals surface area contributed by atoms with E-state index in [0.29, 0.717) is 3.79 Å². The highest BCUT2D eigenvalue weighted by Gasteiger charge is 2.21. The van der Waals surface area contributed by atoms with Crippen molar-refractivity contribution in [2.24, 2.45) is 0 Å². The predicted molar refractivity (Wildman–Crippen MR) is 80.9 cm³/mol. The summed E-state index contributed by atoms with van der Waals surface area (Å²) in [7, 11) is -3.96. The molecule has 0 bridgehead atoms. The Morgan fingerprint density at radius 3 is 2.57 bits per heavy atom. The maximum atomic E-state index is 13.2. The number of hydrogen-bond donors (Lipinski definition) is 1. The van der Waals surface area contributed by atoms with Crippen LogP contribution in [0.3, 0.4) is 0 Å². The van der Waals surface area contributed by atoms with E-state index in [1.165, 1.54) is 6.07 Å². The van der Waals surface area contributed by atoms with Crippen LogP contribution in [0, 0.1) is 15.9 Å². The number of benzene rings is 1. The summed E-state index contributed by atoms with van der Waals surface area (Å²) >= 11 is 9.73. The topological polar surface area (TPSA) is 89.3 Å². The molecule has 112 valence electrons. The van der Waals surface area contributed by atoms with Gasteiger partial charge in [-0.2, -0.15) is 4.39 Å². The number of thiophene rings is 1. The molecule has 0 aliphatic heterocycles. The minimum absolute atomic E-state index is 0.0775. The molecule has 11 heteroatoms. The third kappa shape index (κ3) is 3.51. The molecular weight excluding hydrogens is 411 g/mol. The van der Waals surface area contributed by atoms with E-state index in [1.54, 1.807) is 0 Å². The van der Waals surface area contributed by atoms with Crippen LogP contribution in [0.25, 0.3) is 0 Å². The smallest absolute Gasteiger partial charge is 0.279 e. The fraction of sp³-hybridized carbons (Fsp3) is 0. The van der Waals surface area contributed by atoms with Crippen LogP contribution in [0.5, 0.6) is 0 Å². The second-order valence-electron chi connectivity index (χ2n) is 3.72. The molecule has 1 heterocycles. The second kappa shape index (κ2) is 5.87. The van der Waals surface area contributed by atoms with Crippen LogP contribution in [0.15, 0.2) is 32.3 Å². The van der Waals surface area contributed by atoms with E-state index < -0.39 is 26.5 Å².